The van der Waals surface area contributed by atoms with Crippen molar-refractivity contribution in [3.8, 4) is 11.5 Å². The topological polar surface area (TPSA) is 74.2 Å². The molecule has 0 saturated heterocycles. The Hall–Kier alpha value is -0.510. The van der Waals surface area contributed by atoms with Crippen LogP contribution >= 0.6 is 38.5 Å². The van der Waals surface area contributed by atoms with Gasteiger partial charge in [0, 0.05) is 14.6 Å². The molecular formula is C13H15BrIN3O2. The molecule has 0 aliphatic heterocycles. The molecule has 5 nitrogen and oxygen atoms in total. The summed E-state index contributed by atoms with van der Waals surface area (Å²) < 4.78 is 12.7. The Balaban J connectivity index is 2.31. The van der Waals surface area contributed by atoms with Crippen LogP contribution < -0.4 is 5.73 Å². The molecule has 2 aromatic rings. The van der Waals surface area contributed by atoms with Crippen molar-refractivity contribution in [1.82, 2.24) is 10.1 Å². The minimum absolute atomic E-state index is 0.345. The Morgan fingerprint density at radius 3 is 2.95 bits per heavy atom. The molecule has 7 heteroatoms. The molecule has 0 fully saturated rings. The van der Waals surface area contributed by atoms with Crippen LogP contribution in [0.3, 0.4) is 0 Å². The summed E-state index contributed by atoms with van der Waals surface area (Å²) in [5.74, 6) is 0.899. The van der Waals surface area contributed by atoms with Crippen molar-refractivity contribution >= 4 is 38.5 Å². The number of hydrogen-bond acceptors (Lipinski definition) is 5. The van der Waals surface area contributed by atoms with Crippen LogP contribution in [-0.2, 0) is 10.3 Å². The van der Waals surface area contributed by atoms with Gasteiger partial charge in [-0.05, 0) is 54.6 Å². The molecule has 0 spiro atoms. The standard InChI is InChI=1S/C13H15BrIN3O2/c1-3-19-7-13(2,16)12-17-11(20-18-12)9-6-8(14)4-5-10(9)15/h4-6H,3,7,16H2,1-2H3. The number of ether oxygens (including phenoxy) is 1. The highest BCUT2D eigenvalue weighted by molar-refractivity contribution is 14.1. The Bertz CT molecular complexity index is 601. The first-order chi connectivity index (χ1) is 9.44. The third-order valence-electron chi connectivity index (χ3n) is 2.70. The van der Waals surface area contributed by atoms with Gasteiger partial charge in [0.15, 0.2) is 5.82 Å². The van der Waals surface area contributed by atoms with Gasteiger partial charge in [0.25, 0.3) is 5.89 Å². The van der Waals surface area contributed by atoms with E-state index in [2.05, 4.69) is 48.7 Å². The molecule has 2 rings (SSSR count). The molecule has 108 valence electrons. The summed E-state index contributed by atoms with van der Waals surface area (Å²) in [5.41, 5.74) is 6.27. The first-order valence-electron chi connectivity index (χ1n) is 6.10. The van der Waals surface area contributed by atoms with Gasteiger partial charge in [-0.3, -0.25) is 0 Å². The van der Waals surface area contributed by atoms with Crippen molar-refractivity contribution in [2.75, 3.05) is 13.2 Å². The predicted molar refractivity (Wildman–Crippen MR) is 88.2 cm³/mol. The van der Waals surface area contributed by atoms with Crippen molar-refractivity contribution in [2.24, 2.45) is 5.73 Å². The highest BCUT2D eigenvalue weighted by Crippen LogP contribution is 2.28. The largest absolute Gasteiger partial charge is 0.379 e. The van der Waals surface area contributed by atoms with Crippen molar-refractivity contribution in [1.29, 1.82) is 0 Å². The molecule has 0 aliphatic rings. The minimum atomic E-state index is -0.769. The minimum Gasteiger partial charge on any atom is -0.379 e. The highest BCUT2D eigenvalue weighted by atomic mass is 127. The van der Waals surface area contributed by atoms with Crippen LogP contribution in [0.5, 0.6) is 0 Å². The molecule has 0 bridgehead atoms. The quantitative estimate of drug-likeness (QED) is 0.706. The molecule has 1 aromatic heterocycles. The van der Waals surface area contributed by atoms with Gasteiger partial charge in [-0.1, -0.05) is 21.1 Å². The highest BCUT2D eigenvalue weighted by Gasteiger charge is 2.28. The number of aromatic nitrogens is 2. The molecule has 0 aliphatic carbocycles. The van der Waals surface area contributed by atoms with Crippen LogP contribution in [0.15, 0.2) is 27.2 Å². The number of benzene rings is 1. The molecule has 1 aromatic carbocycles. The fourth-order valence-corrected chi connectivity index (χ4v) is 2.53. The van der Waals surface area contributed by atoms with E-state index in [1.165, 1.54) is 0 Å². The summed E-state index contributed by atoms with van der Waals surface area (Å²) in [5, 5.41) is 3.98. The van der Waals surface area contributed by atoms with Gasteiger partial charge in [-0.2, -0.15) is 4.98 Å². The molecular weight excluding hydrogens is 437 g/mol. The first kappa shape index (κ1) is 15.9. The van der Waals surface area contributed by atoms with E-state index in [1.807, 2.05) is 32.0 Å². The predicted octanol–water partition coefficient (Wildman–Crippen LogP) is 3.31. The van der Waals surface area contributed by atoms with Crippen molar-refractivity contribution in [3.63, 3.8) is 0 Å². The number of nitrogens with zero attached hydrogens (tertiary/aromatic N) is 2. The maximum absolute atomic E-state index is 6.16. The average molecular weight is 452 g/mol. The van der Waals surface area contributed by atoms with Gasteiger partial charge in [0.2, 0.25) is 0 Å². The zero-order chi connectivity index (χ0) is 14.8. The van der Waals surface area contributed by atoms with E-state index in [0.717, 1.165) is 13.6 Å². The van der Waals surface area contributed by atoms with Crippen molar-refractivity contribution in [2.45, 2.75) is 19.4 Å². The van der Waals surface area contributed by atoms with E-state index in [1.54, 1.807) is 0 Å². The summed E-state index contributed by atoms with van der Waals surface area (Å²) in [6, 6.07) is 5.88. The third-order valence-corrected chi connectivity index (χ3v) is 4.14. The molecule has 0 amide bonds. The van der Waals surface area contributed by atoms with E-state index in [0.29, 0.717) is 24.9 Å². The second kappa shape index (κ2) is 6.50. The van der Waals surface area contributed by atoms with Crippen LogP contribution in [0.2, 0.25) is 0 Å². The smallest absolute Gasteiger partial charge is 0.259 e. The van der Waals surface area contributed by atoms with Crippen molar-refractivity contribution in [3.05, 3.63) is 32.1 Å². The Kier molecular flexibility index (Phi) is 5.16. The first-order valence-corrected chi connectivity index (χ1v) is 7.97. The van der Waals surface area contributed by atoms with Crippen LogP contribution in [0.1, 0.15) is 19.7 Å². The zero-order valence-electron chi connectivity index (χ0n) is 11.2. The number of hydrogen-bond donors (Lipinski definition) is 1. The van der Waals surface area contributed by atoms with E-state index in [-0.39, 0.29) is 0 Å². The van der Waals surface area contributed by atoms with Gasteiger partial charge < -0.3 is 15.0 Å². The van der Waals surface area contributed by atoms with Gasteiger partial charge in [0.05, 0.1) is 12.2 Å². The van der Waals surface area contributed by atoms with Gasteiger partial charge in [-0.15, -0.1) is 0 Å². The lowest BCUT2D eigenvalue weighted by Gasteiger charge is -2.19. The van der Waals surface area contributed by atoms with Crippen LogP contribution in [0, 0.1) is 3.57 Å². The fraction of sp³-hybridized carbons (Fsp3) is 0.385. The summed E-state index contributed by atoms with van der Waals surface area (Å²) in [7, 11) is 0. The van der Waals surface area contributed by atoms with E-state index < -0.39 is 5.54 Å². The third kappa shape index (κ3) is 3.57. The van der Waals surface area contributed by atoms with Gasteiger partial charge in [-0.25, -0.2) is 0 Å². The lowest BCUT2D eigenvalue weighted by molar-refractivity contribution is 0.0962. The molecule has 0 saturated carbocycles. The molecule has 1 heterocycles. The van der Waals surface area contributed by atoms with E-state index in [4.69, 9.17) is 15.0 Å². The SMILES string of the molecule is CCOCC(C)(N)c1noc(-c2cc(Br)ccc2I)n1. The van der Waals surface area contributed by atoms with E-state index in [9.17, 15) is 0 Å². The van der Waals surface area contributed by atoms with Crippen LogP contribution in [-0.4, -0.2) is 23.4 Å². The van der Waals surface area contributed by atoms with Crippen LogP contribution in [0.4, 0.5) is 0 Å². The number of halogens is 2. The zero-order valence-corrected chi connectivity index (χ0v) is 14.9. The van der Waals surface area contributed by atoms with E-state index >= 15 is 0 Å². The lowest BCUT2D eigenvalue weighted by atomic mass is 10.1. The monoisotopic (exact) mass is 451 g/mol. The Morgan fingerprint density at radius 1 is 1.50 bits per heavy atom. The molecule has 0 radical (unpaired) electrons. The summed E-state index contributed by atoms with van der Waals surface area (Å²) in [6.45, 7) is 4.68. The molecule has 1 atom stereocenters. The normalized spacial score (nSPS) is 14.2. The fourth-order valence-electron chi connectivity index (χ4n) is 1.60. The maximum Gasteiger partial charge on any atom is 0.259 e. The molecule has 20 heavy (non-hydrogen) atoms. The molecule has 2 N–H and O–H groups in total. The summed E-state index contributed by atoms with van der Waals surface area (Å²) >= 11 is 5.67. The van der Waals surface area contributed by atoms with Gasteiger partial charge >= 0.3 is 0 Å². The van der Waals surface area contributed by atoms with Crippen LogP contribution in [0.25, 0.3) is 11.5 Å². The second-order valence-corrected chi connectivity index (χ2v) is 6.68. The average Bonchev–Trinajstić information content (AvgIpc) is 2.89. The van der Waals surface area contributed by atoms with Crippen molar-refractivity contribution < 1.29 is 9.26 Å². The number of rotatable bonds is 5. The summed E-state index contributed by atoms with van der Waals surface area (Å²) in [6.07, 6.45) is 0. The molecule has 1 unspecified atom stereocenters. The maximum atomic E-state index is 6.16. The van der Waals surface area contributed by atoms with Gasteiger partial charge in [0.1, 0.15) is 5.54 Å². The summed E-state index contributed by atoms with van der Waals surface area (Å²) in [4.78, 5) is 4.40. The number of nitrogens with two attached hydrogens (primary N) is 1. The lowest BCUT2D eigenvalue weighted by Crippen LogP contribution is -2.39. The second-order valence-electron chi connectivity index (χ2n) is 4.60. The Morgan fingerprint density at radius 2 is 2.25 bits per heavy atom. The Labute approximate surface area is 139 Å².